The van der Waals surface area contributed by atoms with E-state index in [1.54, 1.807) is 0 Å². The van der Waals surface area contributed by atoms with E-state index in [0.29, 0.717) is 6.04 Å². The van der Waals surface area contributed by atoms with Crippen molar-refractivity contribution >= 4 is 5.69 Å². The van der Waals surface area contributed by atoms with Gasteiger partial charge in [0.1, 0.15) is 0 Å². The number of piperazine rings is 1. The van der Waals surface area contributed by atoms with Crippen LogP contribution in [0.25, 0.3) is 0 Å². The molecule has 2 aliphatic heterocycles. The van der Waals surface area contributed by atoms with Gasteiger partial charge in [0.05, 0.1) is 0 Å². The fourth-order valence-corrected chi connectivity index (χ4v) is 3.39. The maximum absolute atomic E-state index is 5.86. The highest BCUT2D eigenvalue weighted by Crippen LogP contribution is 2.25. The number of nitrogens with two attached hydrogens (primary N) is 1. The highest BCUT2D eigenvalue weighted by atomic mass is 15.3. The molecule has 0 amide bonds. The second-order valence-corrected chi connectivity index (χ2v) is 5.81. The van der Waals surface area contributed by atoms with Crippen LogP contribution in [-0.4, -0.2) is 41.5 Å². The maximum Gasteiger partial charge on any atom is 0.0317 e. The summed E-state index contributed by atoms with van der Waals surface area (Å²) >= 11 is 0. The number of hydrogen-bond donors (Lipinski definition) is 1. The van der Waals surface area contributed by atoms with E-state index < -0.39 is 0 Å². The Morgan fingerprint density at radius 2 is 2.22 bits per heavy atom. The van der Waals surface area contributed by atoms with Gasteiger partial charge in [-0.25, -0.2) is 0 Å². The predicted octanol–water partition coefficient (Wildman–Crippen LogP) is 1.94. The molecule has 18 heavy (non-hydrogen) atoms. The van der Waals surface area contributed by atoms with Gasteiger partial charge >= 0.3 is 0 Å². The van der Waals surface area contributed by atoms with Crippen LogP contribution in [0.15, 0.2) is 24.3 Å². The minimum absolute atomic E-state index is 0.654. The summed E-state index contributed by atoms with van der Waals surface area (Å²) in [6.07, 6.45) is 2.75. The highest BCUT2D eigenvalue weighted by molar-refractivity contribution is 5.40. The van der Waals surface area contributed by atoms with Crippen molar-refractivity contribution in [1.82, 2.24) is 9.80 Å². The van der Waals surface area contributed by atoms with Gasteiger partial charge in [-0.3, -0.25) is 9.80 Å². The molecule has 3 rings (SSSR count). The van der Waals surface area contributed by atoms with E-state index in [2.05, 4.69) is 34.9 Å². The molecule has 0 aromatic heterocycles. The zero-order chi connectivity index (χ0) is 12.5. The molecule has 2 atom stereocenters. The van der Waals surface area contributed by atoms with Crippen molar-refractivity contribution in [2.75, 3.05) is 25.4 Å². The van der Waals surface area contributed by atoms with Crippen molar-refractivity contribution in [2.24, 2.45) is 0 Å². The Morgan fingerprint density at radius 3 is 3.06 bits per heavy atom. The first-order valence-electron chi connectivity index (χ1n) is 7.05. The molecule has 3 nitrogen and oxygen atoms in total. The lowest BCUT2D eigenvalue weighted by molar-refractivity contribution is 0.0540. The van der Waals surface area contributed by atoms with Gasteiger partial charge in [-0.1, -0.05) is 12.1 Å². The first kappa shape index (κ1) is 12.0. The van der Waals surface area contributed by atoms with Gasteiger partial charge in [-0.2, -0.15) is 0 Å². The third-order valence-electron chi connectivity index (χ3n) is 4.40. The number of benzene rings is 1. The SMILES string of the molecule is CC1CN2CCCC2CN1Cc1cccc(N)c1. The van der Waals surface area contributed by atoms with Crippen molar-refractivity contribution < 1.29 is 0 Å². The zero-order valence-electron chi connectivity index (χ0n) is 11.2. The Labute approximate surface area is 110 Å². The molecular weight excluding hydrogens is 222 g/mol. The zero-order valence-corrected chi connectivity index (χ0v) is 11.2. The number of rotatable bonds is 2. The van der Waals surface area contributed by atoms with Crippen molar-refractivity contribution in [3.63, 3.8) is 0 Å². The first-order valence-corrected chi connectivity index (χ1v) is 7.05. The number of fused-ring (bicyclic) bond motifs is 1. The molecule has 2 fully saturated rings. The number of hydrogen-bond acceptors (Lipinski definition) is 3. The van der Waals surface area contributed by atoms with Gasteiger partial charge in [0.15, 0.2) is 0 Å². The smallest absolute Gasteiger partial charge is 0.0317 e. The molecule has 2 heterocycles. The lowest BCUT2D eigenvalue weighted by Crippen LogP contribution is -2.54. The Balaban J connectivity index is 1.68. The summed E-state index contributed by atoms with van der Waals surface area (Å²) in [5.41, 5.74) is 8.07. The maximum atomic E-state index is 5.86. The van der Waals surface area contributed by atoms with E-state index in [0.717, 1.165) is 18.3 Å². The fraction of sp³-hybridized carbons (Fsp3) is 0.600. The van der Waals surface area contributed by atoms with Crippen LogP contribution in [0.4, 0.5) is 5.69 Å². The molecule has 3 heteroatoms. The molecule has 2 N–H and O–H groups in total. The third kappa shape index (κ3) is 2.38. The fourth-order valence-electron chi connectivity index (χ4n) is 3.39. The average Bonchev–Trinajstić information content (AvgIpc) is 2.76. The lowest BCUT2D eigenvalue weighted by Gasteiger charge is -2.42. The van der Waals surface area contributed by atoms with E-state index in [9.17, 15) is 0 Å². The van der Waals surface area contributed by atoms with Crippen molar-refractivity contribution in [1.29, 1.82) is 0 Å². The van der Waals surface area contributed by atoms with Crippen LogP contribution >= 0.6 is 0 Å². The van der Waals surface area contributed by atoms with Crippen LogP contribution in [0.5, 0.6) is 0 Å². The normalized spacial score (nSPS) is 29.4. The molecule has 0 saturated carbocycles. The van der Waals surface area contributed by atoms with Crippen LogP contribution in [0.3, 0.4) is 0 Å². The van der Waals surface area contributed by atoms with Gasteiger partial charge in [0.2, 0.25) is 0 Å². The Morgan fingerprint density at radius 1 is 1.33 bits per heavy atom. The lowest BCUT2D eigenvalue weighted by atomic mass is 10.1. The molecule has 1 aromatic carbocycles. The second kappa shape index (κ2) is 4.90. The summed E-state index contributed by atoms with van der Waals surface area (Å²) in [5, 5.41) is 0. The van der Waals surface area contributed by atoms with E-state index in [-0.39, 0.29) is 0 Å². The van der Waals surface area contributed by atoms with Crippen molar-refractivity contribution in [2.45, 2.75) is 38.4 Å². The van der Waals surface area contributed by atoms with Gasteiger partial charge in [0.25, 0.3) is 0 Å². The largest absolute Gasteiger partial charge is 0.399 e. The standard InChI is InChI=1S/C15H23N3/c1-12-9-17-7-3-6-15(17)11-18(12)10-13-4-2-5-14(16)8-13/h2,4-5,8,12,15H,3,6-7,9-11,16H2,1H3. The number of nitrogens with zero attached hydrogens (tertiary/aromatic N) is 2. The van der Waals surface area contributed by atoms with Gasteiger partial charge < -0.3 is 5.73 Å². The van der Waals surface area contributed by atoms with E-state index in [4.69, 9.17) is 5.73 Å². The number of nitrogen functional groups attached to an aromatic ring is 1. The van der Waals surface area contributed by atoms with Gasteiger partial charge in [-0.15, -0.1) is 0 Å². The summed E-state index contributed by atoms with van der Waals surface area (Å²) in [4.78, 5) is 5.28. The molecule has 0 aliphatic carbocycles. The molecule has 0 spiro atoms. The monoisotopic (exact) mass is 245 g/mol. The Kier molecular flexibility index (Phi) is 3.27. The Hall–Kier alpha value is -1.06. The summed E-state index contributed by atoms with van der Waals surface area (Å²) in [6, 6.07) is 9.75. The van der Waals surface area contributed by atoms with Gasteiger partial charge in [0, 0.05) is 37.4 Å². The van der Waals surface area contributed by atoms with Crippen LogP contribution in [-0.2, 0) is 6.54 Å². The minimum atomic E-state index is 0.654. The number of anilines is 1. The summed E-state index contributed by atoms with van der Waals surface area (Å²) in [6.45, 7) is 7.14. The van der Waals surface area contributed by atoms with Crippen LogP contribution in [0.1, 0.15) is 25.3 Å². The summed E-state index contributed by atoms with van der Waals surface area (Å²) in [5.74, 6) is 0. The molecule has 2 unspecified atom stereocenters. The average molecular weight is 245 g/mol. The summed E-state index contributed by atoms with van der Waals surface area (Å²) in [7, 11) is 0. The minimum Gasteiger partial charge on any atom is -0.399 e. The molecule has 98 valence electrons. The summed E-state index contributed by atoms with van der Waals surface area (Å²) < 4.78 is 0. The van der Waals surface area contributed by atoms with E-state index in [1.165, 1.54) is 38.0 Å². The van der Waals surface area contributed by atoms with Gasteiger partial charge in [-0.05, 0) is 44.0 Å². The van der Waals surface area contributed by atoms with Crippen molar-refractivity contribution in [3.8, 4) is 0 Å². The quantitative estimate of drug-likeness (QED) is 0.808. The van der Waals surface area contributed by atoms with Crippen LogP contribution < -0.4 is 5.73 Å². The molecular formula is C15H23N3. The molecule has 0 radical (unpaired) electrons. The molecule has 1 aromatic rings. The molecule has 2 saturated heterocycles. The highest BCUT2D eigenvalue weighted by Gasteiger charge is 2.34. The van der Waals surface area contributed by atoms with E-state index >= 15 is 0 Å². The second-order valence-electron chi connectivity index (χ2n) is 5.81. The molecule has 0 bridgehead atoms. The predicted molar refractivity (Wildman–Crippen MR) is 75.3 cm³/mol. The van der Waals surface area contributed by atoms with Crippen LogP contribution in [0, 0.1) is 0 Å². The van der Waals surface area contributed by atoms with E-state index in [1.807, 2.05) is 6.07 Å². The van der Waals surface area contributed by atoms with Crippen LogP contribution in [0.2, 0.25) is 0 Å². The molecule has 2 aliphatic rings. The third-order valence-corrected chi connectivity index (χ3v) is 4.40. The topological polar surface area (TPSA) is 32.5 Å². The van der Waals surface area contributed by atoms with Crippen molar-refractivity contribution in [3.05, 3.63) is 29.8 Å². The Bertz CT molecular complexity index is 418. The first-order chi connectivity index (χ1) is 8.72.